The molecule has 6 heteroatoms. The molecule has 21 heavy (non-hydrogen) atoms. The number of nitrogens with one attached hydrogen (secondary N) is 1. The van der Waals surface area contributed by atoms with Gasteiger partial charge in [-0.2, -0.15) is 0 Å². The maximum absolute atomic E-state index is 12.7. The Morgan fingerprint density at radius 3 is 2.52 bits per heavy atom. The molecule has 1 aliphatic rings. The first-order chi connectivity index (χ1) is 9.86. The summed E-state index contributed by atoms with van der Waals surface area (Å²) in [6, 6.07) is 3.87. The van der Waals surface area contributed by atoms with Crippen LogP contribution in [0.3, 0.4) is 0 Å². The van der Waals surface area contributed by atoms with Gasteiger partial charge in [0.15, 0.2) is 0 Å². The highest BCUT2D eigenvalue weighted by atomic mass is 35.5. The lowest BCUT2D eigenvalue weighted by Gasteiger charge is -2.39. The number of carbonyl (C=O) groups excluding carboxylic acids is 2. The van der Waals surface area contributed by atoms with Crippen LogP contribution in [0.15, 0.2) is 18.2 Å². The van der Waals surface area contributed by atoms with Gasteiger partial charge in [0.05, 0.1) is 10.0 Å². The highest BCUT2D eigenvalue weighted by molar-refractivity contribution is 6.42. The summed E-state index contributed by atoms with van der Waals surface area (Å²) in [7, 11) is 0. The molecule has 4 nitrogen and oxygen atoms in total. The number of anilines is 1. The van der Waals surface area contributed by atoms with Crippen molar-refractivity contribution in [3.63, 3.8) is 0 Å². The predicted octanol–water partition coefficient (Wildman–Crippen LogP) is 3.26. The summed E-state index contributed by atoms with van der Waals surface area (Å²) in [5, 5.41) is 3.58. The van der Waals surface area contributed by atoms with E-state index >= 15 is 0 Å². The maximum Gasteiger partial charge on any atom is 0.250 e. The second-order valence-electron chi connectivity index (χ2n) is 5.35. The summed E-state index contributed by atoms with van der Waals surface area (Å²) < 4.78 is 0. The highest BCUT2D eigenvalue weighted by Crippen LogP contribution is 2.30. The molecular weight excluding hydrogens is 311 g/mol. The minimum absolute atomic E-state index is 0.0687. The van der Waals surface area contributed by atoms with Gasteiger partial charge >= 0.3 is 0 Å². The Bertz CT molecular complexity index is 577. The first-order valence-electron chi connectivity index (χ1n) is 6.95. The fourth-order valence-corrected chi connectivity index (χ4v) is 2.69. The molecule has 1 N–H and O–H groups in total. The van der Waals surface area contributed by atoms with Crippen LogP contribution in [0.2, 0.25) is 10.0 Å². The molecule has 3 atom stereocenters. The molecule has 0 spiro atoms. The van der Waals surface area contributed by atoms with Crippen LogP contribution in [0.25, 0.3) is 0 Å². The molecule has 0 radical (unpaired) electrons. The lowest BCUT2D eigenvalue weighted by molar-refractivity contribution is -0.134. The Kier molecular flexibility index (Phi) is 4.79. The van der Waals surface area contributed by atoms with Crippen molar-refractivity contribution in [1.82, 2.24) is 5.32 Å². The number of benzene rings is 1. The average Bonchev–Trinajstić information content (AvgIpc) is 2.46. The van der Waals surface area contributed by atoms with Gasteiger partial charge in [-0.3, -0.25) is 14.5 Å². The van der Waals surface area contributed by atoms with Gasteiger partial charge in [-0.1, -0.05) is 43.5 Å². The fourth-order valence-electron chi connectivity index (χ4n) is 2.40. The number of amides is 2. The Morgan fingerprint density at radius 2 is 1.95 bits per heavy atom. The number of nitrogens with zero attached hydrogens (tertiary/aromatic N) is 1. The van der Waals surface area contributed by atoms with Crippen molar-refractivity contribution in [2.75, 3.05) is 4.90 Å². The molecule has 2 rings (SSSR count). The third-order valence-corrected chi connectivity index (χ3v) is 4.70. The SMILES string of the molecule is CCC(C)C1NC(=O)C(C)N(c2ccc(Cl)c(Cl)c2)C1=O. The topological polar surface area (TPSA) is 49.4 Å². The molecule has 0 saturated carbocycles. The molecule has 1 fully saturated rings. The van der Waals surface area contributed by atoms with Crippen LogP contribution >= 0.6 is 23.2 Å². The monoisotopic (exact) mass is 328 g/mol. The van der Waals surface area contributed by atoms with Crippen molar-refractivity contribution >= 4 is 40.7 Å². The molecule has 3 unspecified atom stereocenters. The molecule has 114 valence electrons. The van der Waals surface area contributed by atoms with Gasteiger partial charge in [-0.05, 0) is 31.0 Å². The lowest BCUT2D eigenvalue weighted by Crippen LogP contribution is -2.64. The number of rotatable bonds is 3. The fraction of sp³-hybridized carbons (Fsp3) is 0.467. The van der Waals surface area contributed by atoms with Gasteiger partial charge in [0, 0.05) is 5.69 Å². The summed E-state index contributed by atoms with van der Waals surface area (Å²) in [5.74, 6) is -0.208. The van der Waals surface area contributed by atoms with E-state index < -0.39 is 12.1 Å². The van der Waals surface area contributed by atoms with Crippen LogP contribution in [0, 0.1) is 5.92 Å². The van der Waals surface area contributed by atoms with Crippen LogP contribution < -0.4 is 10.2 Å². The number of carbonyl (C=O) groups is 2. The molecule has 1 aromatic carbocycles. The van der Waals surface area contributed by atoms with Crippen molar-refractivity contribution < 1.29 is 9.59 Å². The van der Waals surface area contributed by atoms with E-state index in [9.17, 15) is 9.59 Å². The average molecular weight is 329 g/mol. The minimum Gasteiger partial charge on any atom is -0.342 e. The maximum atomic E-state index is 12.7. The smallest absolute Gasteiger partial charge is 0.250 e. The van der Waals surface area contributed by atoms with Crippen molar-refractivity contribution in [3.05, 3.63) is 28.2 Å². The standard InChI is InChI=1S/C15H18Cl2N2O2/c1-4-8(2)13-15(21)19(9(3)14(20)18-13)10-5-6-11(16)12(17)7-10/h5-9,13H,4H2,1-3H3,(H,18,20). The summed E-state index contributed by atoms with van der Waals surface area (Å²) in [6.45, 7) is 5.64. The first kappa shape index (κ1) is 16.1. The van der Waals surface area contributed by atoms with Gasteiger partial charge in [0.2, 0.25) is 5.91 Å². The number of piperazine rings is 1. The van der Waals surface area contributed by atoms with E-state index in [1.165, 1.54) is 4.90 Å². The van der Waals surface area contributed by atoms with Crippen molar-refractivity contribution in [3.8, 4) is 0 Å². The summed E-state index contributed by atoms with van der Waals surface area (Å²) in [6.07, 6.45) is 0.806. The third-order valence-electron chi connectivity index (χ3n) is 3.96. The minimum atomic E-state index is -0.574. The second-order valence-corrected chi connectivity index (χ2v) is 6.17. The van der Waals surface area contributed by atoms with E-state index in [0.29, 0.717) is 15.7 Å². The summed E-state index contributed by atoms with van der Waals surface area (Å²) >= 11 is 11.9. The van der Waals surface area contributed by atoms with E-state index in [0.717, 1.165) is 6.42 Å². The zero-order valence-corrected chi connectivity index (χ0v) is 13.7. The van der Waals surface area contributed by atoms with E-state index in [1.54, 1.807) is 25.1 Å². The molecule has 1 aromatic rings. The van der Waals surface area contributed by atoms with Gasteiger partial charge in [0.1, 0.15) is 12.1 Å². The molecule has 1 heterocycles. The molecule has 2 amide bonds. The molecule has 0 aromatic heterocycles. The van der Waals surface area contributed by atoms with Crippen molar-refractivity contribution in [2.24, 2.45) is 5.92 Å². The molecule has 0 aliphatic carbocycles. The number of hydrogen-bond acceptors (Lipinski definition) is 2. The van der Waals surface area contributed by atoms with Crippen molar-refractivity contribution in [2.45, 2.75) is 39.3 Å². The van der Waals surface area contributed by atoms with E-state index in [1.807, 2.05) is 13.8 Å². The highest BCUT2D eigenvalue weighted by Gasteiger charge is 2.40. The number of halogens is 2. The quantitative estimate of drug-likeness (QED) is 0.925. The molecule has 0 bridgehead atoms. The van der Waals surface area contributed by atoms with Gasteiger partial charge < -0.3 is 5.32 Å². The van der Waals surface area contributed by atoms with Gasteiger partial charge in [-0.25, -0.2) is 0 Å². The molecule has 1 saturated heterocycles. The zero-order valence-electron chi connectivity index (χ0n) is 12.2. The van der Waals surface area contributed by atoms with E-state index in [-0.39, 0.29) is 17.7 Å². The van der Waals surface area contributed by atoms with Crippen LogP contribution in [-0.4, -0.2) is 23.9 Å². The Morgan fingerprint density at radius 1 is 1.29 bits per heavy atom. The molecular formula is C15H18Cl2N2O2. The second kappa shape index (κ2) is 6.24. The predicted molar refractivity (Wildman–Crippen MR) is 84.8 cm³/mol. The van der Waals surface area contributed by atoms with Crippen LogP contribution in [0.4, 0.5) is 5.69 Å². The number of hydrogen-bond donors (Lipinski definition) is 1. The zero-order chi connectivity index (χ0) is 15.7. The summed E-state index contributed by atoms with van der Waals surface area (Å²) in [4.78, 5) is 26.4. The van der Waals surface area contributed by atoms with Crippen LogP contribution in [-0.2, 0) is 9.59 Å². The first-order valence-corrected chi connectivity index (χ1v) is 7.71. The van der Waals surface area contributed by atoms with Crippen LogP contribution in [0.5, 0.6) is 0 Å². The largest absolute Gasteiger partial charge is 0.342 e. The third kappa shape index (κ3) is 3.01. The van der Waals surface area contributed by atoms with Crippen molar-refractivity contribution in [1.29, 1.82) is 0 Å². The van der Waals surface area contributed by atoms with E-state index in [2.05, 4.69) is 5.32 Å². The summed E-state index contributed by atoms with van der Waals surface area (Å²) in [5.41, 5.74) is 0.588. The Labute approximate surface area is 134 Å². The Balaban J connectivity index is 2.40. The van der Waals surface area contributed by atoms with Crippen LogP contribution in [0.1, 0.15) is 27.2 Å². The normalized spacial score (nSPS) is 24.0. The van der Waals surface area contributed by atoms with E-state index in [4.69, 9.17) is 23.2 Å². The Hall–Kier alpha value is -1.26. The molecule has 1 aliphatic heterocycles. The van der Waals surface area contributed by atoms with Gasteiger partial charge in [-0.15, -0.1) is 0 Å². The lowest BCUT2D eigenvalue weighted by atomic mass is 9.94. The van der Waals surface area contributed by atoms with Gasteiger partial charge in [0.25, 0.3) is 5.91 Å².